The van der Waals surface area contributed by atoms with E-state index in [1.807, 2.05) is 59.0 Å². The van der Waals surface area contributed by atoms with Crippen molar-refractivity contribution >= 4 is 22.6 Å². The highest BCUT2D eigenvalue weighted by atomic mass is 127. The standard InChI is InChI=1S/C16H14F3IO/c1-11-7-14(20)8-13(9-16(17,18)19)15(11)21-10-12-5-3-2-4-6-12/h2-8H,9-10H2,1H3. The van der Waals surface area contributed by atoms with Crippen LogP contribution >= 0.6 is 22.6 Å². The van der Waals surface area contributed by atoms with Crippen molar-refractivity contribution in [3.63, 3.8) is 0 Å². The largest absolute Gasteiger partial charge is 0.488 e. The number of rotatable bonds is 4. The van der Waals surface area contributed by atoms with Gasteiger partial charge in [-0.2, -0.15) is 13.2 Å². The van der Waals surface area contributed by atoms with Crippen LogP contribution in [0, 0.1) is 10.5 Å². The van der Waals surface area contributed by atoms with E-state index in [0.717, 1.165) is 14.7 Å². The summed E-state index contributed by atoms with van der Waals surface area (Å²) in [6, 6.07) is 12.7. The van der Waals surface area contributed by atoms with Gasteiger partial charge in [0, 0.05) is 9.13 Å². The lowest BCUT2D eigenvalue weighted by atomic mass is 10.1. The van der Waals surface area contributed by atoms with Crippen LogP contribution in [0.25, 0.3) is 0 Å². The Balaban J connectivity index is 2.24. The predicted molar refractivity (Wildman–Crippen MR) is 84.4 cm³/mol. The third-order valence-corrected chi connectivity index (χ3v) is 3.56. The highest BCUT2D eigenvalue weighted by Gasteiger charge is 2.30. The van der Waals surface area contributed by atoms with E-state index in [-0.39, 0.29) is 12.2 Å². The molecule has 5 heteroatoms. The van der Waals surface area contributed by atoms with E-state index in [0.29, 0.717) is 5.75 Å². The molecule has 2 aromatic rings. The summed E-state index contributed by atoms with van der Waals surface area (Å²) in [6.45, 7) is 2.02. The van der Waals surface area contributed by atoms with Crippen LogP contribution in [0.2, 0.25) is 0 Å². The van der Waals surface area contributed by atoms with Crippen LogP contribution in [-0.2, 0) is 13.0 Å². The lowest BCUT2D eigenvalue weighted by Crippen LogP contribution is -2.13. The first-order valence-electron chi connectivity index (χ1n) is 6.37. The smallest absolute Gasteiger partial charge is 0.393 e. The summed E-state index contributed by atoms with van der Waals surface area (Å²) in [7, 11) is 0. The molecule has 0 N–H and O–H groups in total. The van der Waals surface area contributed by atoms with Gasteiger partial charge in [-0.1, -0.05) is 30.3 Å². The summed E-state index contributed by atoms with van der Waals surface area (Å²) in [5.74, 6) is 0.330. The molecule has 0 radical (unpaired) electrons. The minimum absolute atomic E-state index is 0.183. The average Bonchev–Trinajstić information content (AvgIpc) is 2.36. The molecule has 0 aliphatic rings. The van der Waals surface area contributed by atoms with E-state index in [4.69, 9.17) is 4.74 Å². The van der Waals surface area contributed by atoms with Gasteiger partial charge in [-0.05, 0) is 52.8 Å². The van der Waals surface area contributed by atoms with Gasteiger partial charge in [-0.3, -0.25) is 0 Å². The van der Waals surface area contributed by atoms with E-state index >= 15 is 0 Å². The van der Waals surface area contributed by atoms with Gasteiger partial charge in [-0.25, -0.2) is 0 Å². The maximum absolute atomic E-state index is 12.7. The average molecular weight is 406 g/mol. The first kappa shape index (κ1) is 16.1. The molecule has 112 valence electrons. The van der Waals surface area contributed by atoms with Crippen LogP contribution in [0.1, 0.15) is 16.7 Å². The van der Waals surface area contributed by atoms with Gasteiger partial charge in [0.2, 0.25) is 0 Å². The van der Waals surface area contributed by atoms with Gasteiger partial charge in [0.25, 0.3) is 0 Å². The Morgan fingerprint density at radius 1 is 1.10 bits per heavy atom. The molecule has 0 atom stereocenters. The normalized spacial score (nSPS) is 11.5. The van der Waals surface area contributed by atoms with Crippen molar-refractivity contribution in [3.05, 3.63) is 62.7 Å². The van der Waals surface area contributed by atoms with Crippen molar-refractivity contribution in [1.29, 1.82) is 0 Å². The number of hydrogen-bond donors (Lipinski definition) is 0. The molecule has 0 fully saturated rings. The molecule has 0 amide bonds. The van der Waals surface area contributed by atoms with Crippen LogP contribution in [-0.4, -0.2) is 6.18 Å². The van der Waals surface area contributed by atoms with Crippen LogP contribution in [0.4, 0.5) is 13.2 Å². The zero-order valence-corrected chi connectivity index (χ0v) is 13.5. The minimum atomic E-state index is -4.25. The Kier molecular flexibility index (Phi) is 5.13. The Morgan fingerprint density at radius 3 is 2.38 bits per heavy atom. The molecule has 0 saturated heterocycles. The summed E-state index contributed by atoms with van der Waals surface area (Å²) >= 11 is 2.02. The number of aryl methyl sites for hydroxylation is 1. The second-order valence-electron chi connectivity index (χ2n) is 4.78. The highest BCUT2D eigenvalue weighted by molar-refractivity contribution is 14.1. The van der Waals surface area contributed by atoms with Crippen molar-refractivity contribution in [3.8, 4) is 5.75 Å². The van der Waals surface area contributed by atoms with Crippen molar-refractivity contribution in [2.45, 2.75) is 26.1 Å². The lowest BCUT2D eigenvalue weighted by Gasteiger charge is -2.16. The molecule has 2 rings (SSSR count). The third kappa shape index (κ3) is 4.91. The van der Waals surface area contributed by atoms with Gasteiger partial charge < -0.3 is 4.74 Å². The van der Waals surface area contributed by atoms with Crippen LogP contribution < -0.4 is 4.74 Å². The second-order valence-corrected chi connectivity index (χ2v) is 6.02. The summed E-state index contributed by atoms with van der Waals surface area (Å²) in [5.41, 5.74) is 1.83. The molecule has 0 spiro atoms. The molecule has 0 aromatic heterocycles. The zero-order chi connectivity index (χ0) is 15.5. The van der Waals surface area contributed by atoms with E-state index in [1.165, 1.54) is 6.07 Å². The van der Waals surface area contributed by atoms with Crippen LogP contribution in [0.5, 0.6) is 5.75 Å². The molecule has 0 saturated carbocycles. The SMILES string of the molecule is Cc1cc(I)cc(CC(F)(F)F)c1OCc1ccccc1. The summed E-state index contributed by atoms with van der Waals surface area (Å²) in [4.78, 5) is 0. The lowest BCUT2D eigenvalue weighted by molar-refractivity contribution is -0.127. The van der Waals surface area contributed by atoms with E-state index < -0.39 is 12.6 Å². The van der Waals surface area contributed by atoms with Gasteiger partial charge >= 0.3 is 6.18 Å². The third-order valence-electron chi connectivity index (χ3n) is 2.93. The number of hydrogen-bond acceptors (Lipinski definition) is 1. The van der Waals surface area contributed by atoms with Gasteiger partial charge in [0.05, 0.1) is 6.42 Å². The fourth-order valence-corrected chi connectivity index (χ4v) is 2.93. The maximum atomic E-state index is 12.7. The Morgan fingerprint density at radius 2 is 1.76 bits per heavy atom. The molecule has 21 heavy (non-hydrogen) atoms. The minimum Gasteiger partial charge on any atom is -0.488 e. The molecular weight excluding hydrogens is 392 g/mol. The van der Waals surface area contributed by atoms with Crippen molar-refractivity contribution < 1.29 is 17.9 Å². The molecule has 0 aliphatic heterocycles. The number of benzene rings is 2. The number of ether oxygens (including phenoxy) is 1. The van der Waals surface area contributed by atoms with E-state index in [1.54, 1.807) is 6.92 Å². The van der Waals surface area contributed by atoms with Crippen LogP contribution in [0.3, 0.4) is 0 Å². The van der Waals surface area contributed by atoms with Crippen LogP contribution in [0.15, 0.2) is 42.5 Å². The highest BCUT2D eigenvalue weighted by Crippen LogP contribution is 2.32. The zero-order valence-electron chi connectivity index (χ0n) is 11.4. The van der Waals surface area contributed by atoms with E-state index in [9.17, 15) is 13.2 Å². The topological polar surface area (TPSA) is 9.23 Å². The van der Waals surface area contributed by atoms with E-state index in [2.05, 4.69) is 0 Å². The molecule has 1 nitrogen and oxygen atoms in total. The van der Waals surface area contributed by atoms with Gasteiger partial charge in [-0.15, -0.1) is 0 Å². The quantitative estimate of drug-likeness (QED) is 0.628. The molecule has 0 heterocycles. The summed E-state index contributed by atoms with van der Waals surface area (Å²) in [6.07, 6.45) is -5.23. The van der Waals surface area contributed by atoms with Crippen molar-refractivity contribution in [2.75, 3.05) is 0 Å². The summed E-state index contributed by atoms with van der Waals surface area (Å²) < 4.78 is 44.5. The maximum Gasteiger partial charge on any atom is 0.393 e. The fraction of sp³-hybridized carbons (Fsp3) is 0.250. The fourth-order valence-electron chi connectivity index (χ4n) is 2.08. The Labute approximate surface area is 135 Å². The van der Waals surface area contributed by atoms with Crippen molar-refractivity contribution in [2.24, 2.45) is 0 Å². The molecular formula is C16H14F3IO. The van der Waals surface area contributed by atoms with Gasteiger partial charge in [0.1, 0.15) is 12.4 Å². The second kappa shape index (κ2) is 6.68. The molecule has 2 aromatic carbocycles. The monoisotopic (exact) mass is 406 g/mol. The molecule has 0 unspecified atom stereocenters. The van der Waals surface area contributed by atoms with Gasteiger partial charge in [0.15, 0.2) is 0 Å². The number of alkyl halides is 3. The molecule has 0 bridgehead atoms. The van der Waals surface area contributed by atoms with Crippen molar-refractivity contribution in [1.82, 2.24) is 0 Å². The predicted octanol–water partition coefficient (Wildman–Crippen LogP) is 5.28. The summed E-state index contributed by atoms with van der Waals surface area (Å²) in [5, 5.41) is 0. The Bertz CT molecular complexity index is 609. The first-order valence-corrected chi connectivity index (χ1v) is 7.45. The number of halogens is 4. The molecule has 0 aliphatic carbocycles. The Hall–Kier alpha value is -1.24. The first-order chi connectivity index (χ1) is 9.85.